The number of hydrogen-bond donors (Lipinski definition) is 1. The molecule has 8 heteroatoms. The molecule has 158 valence electrons. The van der Waals surface area contributed by atoms with Crippen LogP contribution in [0.25, 0.3) is 11.0 Å². The minimum absolute atomic E-state index is 0.0988. The Bertz CT molecular complexity index is 1320. The van der Waals surface area contributed by atoms with E-state index in [1.807, 2.05) is 59.2 Å². The van der Waals surface area contributed by atoms with Crippen molar-refractivity contribution in [3.63, 3.8) is 0 Å². The van der Waals surface area contributed by atoms with Crippen LogP contribution in [0.1, 0.15) is 26.5 Å². The number of para-hydroxylation sites is 3. The zero-order valence-corrected chi connectivity index (χ0v) is 18.5. The van der Waals surface area contributed by atoms with Gasteiger partial charge in [-0.15, -0.1) is 0 Å². The summed E-state index contributed by atoms with van der Waals surface area (Å²) < 4.78 is 2.53. The molecule has 1 aliphatic rings. The van der Waals surface area contributed by atoms with Crippen LogP contribution in [0, 0.1) is 0 Å². The Hall–Kier alpha value is -3.49. The van der Waals surface area contributed by atoms with E-state index < -0.39 is 0 Å². The number of anilines is 1. The van der Waals surface area contributed by atoms with E-state index >= 15 is 0 Å². The fourth-order valence-electron chi connectivity index (χ4n) is 3.71. The predicted octanol–water partition coefficient (Wildman–Crippen LogP) is 4.92. The maximum Gasteiger partial charge on any atom is 0.263 e. The highest BCUT2D eigenvalue weighted by Crippen LogP contribution is 2.26. The van der Waals surface area contributed by atoms with Crippen molar-refractivity contribution in [1.82, 2.24) is 14.5 Å². The third-order valence-corrected chi connectivity index (χ3v) is 6.47. The molecule has 1 aromatic heterocycles. The number of hydrogen-bond acceptors (Lipinski definition) is 5. The molecular formula is C24H18N4O2S2. The van der Waals surface area contributed by atoms with Crippen molar-refractivity contribution in [1.29, 1.82) is 0 Å². The van der Waals surface area contributed by atoms with Crippen molar-refractivity contribution < 1.29 is 9.59 Å². The van der Waals surface area contributed by atoms with Crippen LogP contribution in [0.5, 0.6) is 0 Å². The molecule has 0 saturated carbocycles. The minimum atomic E-state index is -0.289. The van der Waals surface area contributed by atoms with Gasteiger partial charge in [0.1, 0.15) is 16.8 Å². The van der Waals surface area contributed by atoms with Crippen LogP contribution in [0.4, 0.5) is 5.69 Å². The number of imide groups is 1. The molecule has 6 nitrogen and oxygen atoms in total. The Morgan fingerprint density at radius 1 is 0.875 bits per heavy atom. The summed E-state index contributed by atoms with van der Waals surface area (Å²) in [4.78, 5) is 31.8. The number of thioether (sulfide) groups is 1. The lowest BCUT2D eigenvalue weighted by Crippen LogP contribution is -2.32. The second kappa shape index (κ2) is 8.57. The van der Waals surface area contributed by atoms with Crippen LogP contribution < -0.4 is 5.32 Å². The summed E-state index contributed by atoms with van der Waals surface area (Å²) in [6, 6.07) is 24.3. The summed E-state index contributed by atoms with van der Waals surface area (Å²) in [5, 5.41) is 3.20. The van der Waals surface area contributed by atoms with Gasteiger partial charge in [0.2, 0.25) is 0 Å². The van der Waals surface area contributed by atoms with Gasteiger partial charge in [0.05, 0.1) is 27.9 Å². The largest absolute Gasteiger partial charge is 0.341 e. The number of carbonyl (C=O) groups excluding carboxylic acids is 2. The van der Waals surface area contributed by atoms with E-state index in [1.54, 1.807) is 24.3 Å². The fourth-order valence-corrected chi connectivity index (χ4v) is 4.67. The van der Waals surface area contributed by atoms with Gasteiger partial charge < -0.3 is 9.88 Å². The van der Waals surface area contributed by atoms with Crippen LogP contribution in [0.2, 0.25) is 0 Å². The third kappa shape index (κ3) is 3.79. The van der Waals surface area contributed by atoms with Crippen molar-refractivity contribution in [2.75, 3.05) is 5.32 Å². The van der Waals surface area contributed by atoms with Gasteiger partial charge in [0.25, 0.3) is 11.8 Å². The number of thiocarbonyl (C=S) groups is 1. The first-order valence-electron chi connectivity index (χ1n) is 10.00. The highest BCUT2D eigenvalue weighted by atomic mass is 32.2. The van der Waals surface area contributed by atoms with E-state index in [1.165, 1.54) is 16.7 Å². The first kappa shape index (κ1) is 20.4. The summed E-state index contributed by atoms with van der Waals surface area (Å²) in [5.41, 5.74) is 3.46. The molecule has 3 aromatic carbocycles. The lowest BCUT2D eigenvalue weighted by Gasteiger charge is -2.17. The normalized spacial score (nSPS) is 12.9. The maximum absolute atomic E-state index is 12.9. The molecule has 0 spiro atoms. The second-order valence-electron chi connectivity index (χ2n) is 7.24. The van der Waals surface area contributed by atoms with Crippen LogP contribution in [-0.4, -0.2) is 30.6 Å². The lowest BCUT2D eigenvalue weighted by atomic mass is 10.1. The van der Waals surface area contributed by atoms with Crippen LogP contribution in [-0.2, 0) is 12.4 Å². The van der Waals surface area contributed by atoms with E-state index in [0.717, 1.165) is 22.5 Å². The number of imidazole rings is 1. The number of nitrogens with zero attached hydrogens (tertiary/aromatic N) is 3. The quantitative estimate of drug-likeness (QED) is 0.338. The number of nitrogens with one attached hydrogen (secondary N) is 1. The highest BCUT2D eigenvalue weighted by molar-refractivity contribution is 8.22. The summed E-state index contributed by atoms with van der Waals surface area (Å²) in [6.45, 7) is 0.0988. The molecule has 5 rings (SSSR count). The van der Waals surface area contributed by atoms with E-state index in [4.69, 9.17) is 17.2 Å². The molecule has 1 aliphatic heterocycles. The van der Waals surface area contributed by atoms with E-state index in [2.05, 4.69) is 5.32 Å². The number of fused-ring (bicyclic) bond motifs is 2. The molecule has 2 amide bonds. The fraction of sp³-hybridized carbons (Fsp3) is 0.0833. The van der Waals surface area contributed by atoms with Gasteiger partial charge in [-0.05, 0) is 36.4 Å². The summed E-state index contributed by atoms with van der Waals surface area (Å²) >= 11 is 6.93. The average Bonchev–Trinajstić information content (AvgIpc) is 3.29. The standard InChI is InChI=1S/C24H18N4O2S2/c29-22-17-10-4-5-11-18(17)23(30)28(22)15-27-20-13-7-6-12-19(20)26-21(27)14-32-24(31)25-16-8-2-1-3-9-16/h1-13H,14-15H2,(H,25,31). The van der Waals surface area contributed by atoms with Crippen molar-refractivity contribution in [3.05, 3.63) is 95.8 Å². The average molecular weight is 459 g/mol. The molecule has 0 aliphatic carbocycles. The van der Waals surface area contributed by atoms with Crippen LogP contribution >= 0.6 is 24.0 Å². The summed E-state index contributed by atoms with van der Waals surface area (Å²) in [7, 11) is 0. The first-order valence-corrected chi connectivity index (χ1v) is 11.4. The lowest BCUT2D eigenvalue weighted by molar-refractivity contribution is 0.0607. The van der Waals surface area contributed by atoms with E-state index in [9.17, 15) is 9.59 Å². The Labute approximate surface area is 194 Å². The molecule has 32 heavy (non-hydrogen) atoms. The predicted molar refractivity (Wildman–Crippen MR) is 131 cm³/mol. The monoisotopic (exact) mass is 458 g/mol. The topological polar surface area (TPSA) is 67.2 Å². The van der Waals surface area contributed by atoms with Crippen molar-refractivity contribution in [2.45, 2.75) is 12.4 Å². The van der Waals surface area contributed by atoms with Crippen molar-refractivity contribution in [3.8, 4) is 0 Å². The van der Waals surface area contributed by atoms with Crippen LogP contribution in [0.3, 0.4) is 0 Å². The molecule has 0 fully saturated rings. The van der Waals surface area contributed by atoms with Gasteiger partial charge in [-0.1, -0.05) is 66.4 Å². The molecule has 2 heterocycles. The summed E-state index contributed by atoms with van der Waals surface area (Å²) in [5.74, 6) is 0.660. The van der Waals surface area contributed by atoms with Crippen molar-refractivity contribution in [2.24, 2.45) is 0 Å². The number of amides is 2. The Morgan fingerprint density at radius 2 is 1.50 bits per heavy atom. The Balaban J connectivity index is 1.40. The molecule has 0 unspecified atom stereocenters. The minimum Gasteiger partial charge on any atom is -0.341 e. The van der Waals surface area contributed by atoms with Gasteiger partial charge in [-0.3, -0.25) is 14.5 Å². The van der Waals surface area contributed by atoms with Gasteiger partial charge in [0.15, 0.2) is 0 Å². The third-order valence-electron chi connectivity index (χ3n) is 5.25. The molecule has 0 bridgehead atoms. The zero-order valence-electron chi connectivity index (χ0n) is 16.9. The second-order valence-corrected chi connectivity index (χ2v) is 8.89. The number of rotatable bonds is 5. The van der Waals surface area contributed by atoms with Gasteiger partial charge in [0, 0.05) is 5.69 Å². The molecule has 4 aromatic rings. The van der Waals surface area contributed by atoms with Gasteiger partial charge in [-0.25, -0.2) is 4.98 Å². The first-order chi connectivity index (χ1) is 15.6. The van der Waals surface area contributed by atoms with Crippen molar-refractivity contribution >= 4 is 56.8 Å². The molecular weight excluding hydrogens is 440 g/mol. The SMILES string of the molecule is O=C1c2ccccc2C(=O)N1Cn1c(CSC(=S)Nc2ccccc2)nc2ccccc21. The smallest absolute Gasteiger partial charge is 0.263 e. The zero-order chi connectivity index (χ0) is 22.1. The number of carbonyl (C=O) groups is 2. The molecule has 0 radical (unpaired) electrons. The maximum atomic E-state index is 12.9. The number of benzene rings is 3. The Morgan fingerprint density at radius 3 is 2.22 bits per heavy atom. The number of aromatic nitrogens is 2. The van der Waals surface area contributed by atoms with Gasteiger partial charge >= 0.3 is 0 Å². The highest BCUT2D eigenvalue weighted by Gasteiger charge is 2.35. The van der Waals surface area contributed by atoms with Gasteiger partial charge in [-0.2, -0.15) is 0 Å². The molecule has 0 atom stereocenters. The molecule has 0 saturated heterocycles. The van der Waals surface area contributed by atoms with E-state index in [-0.39, 0.29) is 18.5 Å². The van der Waals surface area contributed by atoms with E-state index in [0.29, 0.717) is 21.2 Å². The van der Waals surface area contributed by atoms with Crippen LogP contribution in [0.15, 0.2) is 78.9 Å². The Kier molecular flexibility index (Phi) is 5.46. The molecule has 1 N–H and O–H groups in total. The summed E-state index contributed by atoms with van der Waals surface area (Å²) in [6.07, 6.45) is 0.